The molecule has 0 amide bonds. The first-order chi connectivity index (χ1) is 12.3. The fourth-order valence-corrected chi connectivity index (χ4v) is 4.75. The Kier molecular flexibility index (Phi) is 4.00. The molecule has 0 saturated carbocycles. The molecule has 0 atom stereocenters. The number of ether oxygens (including phenoxy) is 3. The van der Waals surface area contributed by atoms with Gasteiger partial charge in [0, 0.05) is 28.8 Å². The third-order valence-corrected chi connectivity index (χ3v) is 5.95. The van der Waals surface area contributed by atoms with Gasteiger partial charge in [0.1, 0.15) is 29.8 Å². The molecular formula is C18H14BrFO5S. The van der Waals surface area contributed by atoms with Gasteiger partial charge in [-0.15, -0.1) is 0 Å². The maximum Gasteiger partial charge on any atom is 0.278 e. The van der Waals surface area contributed by atoms with E-state index in [2.05, 4.69) is 15.9 Å². The van der Waals surface area contributed by atoms with Crippen molar-refractivity contribution in [1.29, 1.82) is 0 Å². The molecule has 0 bridgehead atoms. The largest absolute Gasteiger partial charge is 0.457 e. The van der Waals surface area contributed by atoms with Crippen LogP contribution in [0.4, 0.5) is 4.39 Å². The minimum atomic E-state index is -3.51. The number of fused-ring (bicyclic) bond motifs is 2. The normalized spacial score (nSPS) is 17.0. The molecule has 0 radical (unpaired) electrons. The van der Waals surface area contributed by atoms with Crippen molar-refractivity contribution in [3.05, 3.63) is 64.3 Å². The number of hydrogen-bond donors (Lipinski definition) is 0. The number of hydrogen-bond acceptors (Lipinski definition) is 5. The van der Waals surface area contributed by atoms with Crippen molar-refractivity contribution in [2.24, 2.45) is 0 Å². The van der Waals surface area contributed by atoms with Gasteiger partial charge < -0.3 is 14.2 Å². The quantitative estimate of drug-likeness (QED) is 0.707. The van der Waals surface area contributed by atoms with Crippen LogP contribution < -0.4 is 4.74 Å². The Bertz CT molecular complexity index is 1000. The van der Waals surface area contributed by atoms with E-state index in [1.165, 1.54) is 30.7 Å². The van der Waals surface area contributed by atoms with Crippen molar-refractivity contribution >= 4 is 25.8 Å². The van der Waals surface area contributed by atoms with E-state index in [0.717, 1.165) is 6.26 Å². The molecule has 0 unspecified atom stereocenters. The van der Waals surface area contributed by atoms with Crippen LogP contribution in [0.25, 0.3) is 0 Å². The van der Waals surface area contributed by atoms with Crippen molar-refractivity contribution in [1.82, 2.24) is 0 Å². The summed E-state index contributed by atoms with van der Waals surface area (Å²) in [7, 11) is -3.51. The van der Waals surface area contributed by atoms with Gasteiger partial charge in [-0.1, -0.05) is 15.9 Å². The second-order valence-electron chi connectivity index (χ2n) is 6.16. The number of rotatable bonds is 3. The molecule has 136 valence electrons. The Morgan fingerprint density at radius 2 is 1.92 bits per heavy atom. The van der Waals surface area contributed by atoms with Crippen LogP contribution in [0, 0.1) is 5.82 Å². The maximum atomic E-state index is 13.6. The lowest BCUT2D eigenvalue weighted by Gasteiger charge is -2.25. The standard InChI is InChI=1S/C18H14BrFO5S/c1-26(21,22)16-3-2-15(25-13-9-11(19)8-12(20)10-13)14-4-5-18(17(14)16)23-6-7-24-18/h2-3,6-10H,4-5H2,1H3. The molecule has 2 aliphatic rings. The van der Waals surface area contributed by atoms with Gasteiger partial charge in [-0.3, -0.25) is 0 Å². The van der Waals surface area contributed by atoms with E-state index in [-0.39, 0.29) is 4.90 Å². The molecule has 0 aromatic heterocycles. The molecule has 4 rings (SSSR count). The number of halogens is 2. The predicted octanol–water partition coefficient (Wildman–Crippen LogP) is 4.40. The second-order valence-corrected chi connectivity index (χ2v) is 9.06. The molecule has 8 heteroatoms. The maximum absolute atomic E-state index is 13.6. The zero-order chi connectivity index (χ0) is 18.5. The lowest BCUT2D eigenvalue weighted by atomic mass is 10.1. The molecule has 1 spiro atoms. The summed E-state index contributed by atoms with van der Waals surface area (Å²) in [5.41, 5.74) is 1.12. The van der Waals surface area contributed by atoms with Crippen molar-refractivity contribution in [3.63, 3.8) is 0 Å². The minimum Gasteiger partial charge on any atom is -0.457 e. The van der Waals surface area contributed by atoms with Gasteiger partial charge in [-0.05, 0) is 30.7 Å². The first-order valence-electron chi connectivity index (χ1n) is 7.79. The molecular weight excluding hydrogens is 427 g/mol. The second kappa shape index (κ2) is 5.99. The molecule has 2 aromatic rings. The van der Waals surface area contributed by atoms with Crippen LogP contribution in [0.15, 0.2) is 52.2 Å². The fraction of sp³-hybridized carbons (Fsp3) is 0.222. The summed E-state index contributed by atoms with van der Waals surface area (Å²) in [6, 6.07) is 7.27. The van der Waals surface area contributed by atoms with Gasteiger partial charge in [0.2, 0.25) is 0 Å². The van der Waals surface area contributed by atoms with Crippen LogP contribution in [0.3, 0.4) is 0 Å². The van der Waals surface area contributed by atoms with Crippen LogP contribution in [0.1, 0.15) is 17.5 Å². The van der Waals surface area contributed by atoms with Gasteiger partial charge in [0.15, 0.2) is 9.84 Å². The van der Waals surface area contributed by atoms with E-state index in [9.17, 15) is 12.8 Å². The van der Waals surface area contributed by atoms with Crippen LogP contribution >= 0.6 is 15.9 Å². The van der Waals surface area contributed by atoms with Crippen molar-refractivity contribution in [3.8, 4) is 11.5 Å². The third-order valence-electron chi connectivity index (χ3n) is 4.35. The molecule has 0 N–H and O–H groups in total. The van der Waals surface area contributed by atoms with E-state index < -0.39 is 21.4 Å². The number of sulfone groups is 1. The van der Waals surface area contributed by atoms with E-state index in [4.69, 9.17) is 14.2 Å². The zero-order valence-electron chi connectivity index (χ0n) is 13.7. The van der Waals surface area contributed by atoms with E-state index in [1.807, 2.05) is 0 Å². The minimum absolute atomic E-state index is 0.140. The van der Waals surface area contributed by atoms with Crippen LogP contribution in [-0.4, -0.2) is 14.7 Å². The van der Waals surface area contributed by atoms with Crippen LogP contribution in [-0.2, 0) is 31.5 Å². The molecule has 1 aliphatic carbocycles. The summed E-state index contributed by atoms with van der Waals surface area (Å²) in [6.45, 7) is 0. The summed E-state index contributed by atoms with van der Waals surface area (Å²) in [5.74, 6) is -0.850. The summed E-state index contributed by atoms with van der Waals surface area (Å²) in [5, 5.41) is 0. The summed E-state index contributed by atoms with van der Waals surface area (Å²) in [4.78, 5) is 0.140. The monoisotopic (exact) mass is 440 g/mol. The molecule has 2 aromatic carbocycles. The molecule has 26 heavy (non-hydrogen) atoms. The van der Waals surface area contributed by atoms with Crippen LogP contribution in [0.2, 0.25) is 0 Å². The Morgan fingerprint density at radius 1 is 1.19 bits per heavy atom. The summed E-state index contributed by atoms with van der Waals surface area (Å²) in [6.07, 6.45) is 4.90. The third kappa shape index (κ3) is 2.87. The highest BCUT2D eigenvalue weighted by Gasteiger charge is 2.48. The van der Waals surface area contributed by atoms with Gasteiger partial charge in [-0.25, -0.2) is 12.8 Å². The fourth-order valence-electron chi connectivity index (χ4n) is 3.35. The van der Waals surface area contributed by atoms with Gasteiger partial charge in [0.25, 0.3) is 5.79 Å². The molecule has 5 nitrogen and oxygen atoms in total. The smallest absolute Gasteiger partial charge is 0.278 e. The SMILES string of the molecule is CS(=O)(=O)c1ccc(Oc2cc(F)cc(Br)c2)c2c1C1(CC2)OC=CO1. The molecule has 0 saturated heterocycles. The average molecular weight is 441 g/mol. The summed E-state index contributed by atoms with van der Waals surface area (Å²) >= 11 is 3.23. The topological polar surface area (TPSA) is 61.8 Å². The first kappa shape index (κ1) is 17.4. The highest BCUT2D eigenvalue weighted by molar-refractivity contribution is 9.10. The Morgan fingerprint density at radius 3 is 2.58 bits per heavy atom. The summed E-state index contributed by atoms with van der Waals surface area (Å²) < 4.78 is 55.8. The lowest BCUT2D eigenvalue weighted by molar-refractivity contribution is -0.148. The molecule has 0 fully saturated rings. The van der Waals surface area contributed by atoms with E-state index >= 15 is 0 Å². The highest BCUT2D eigenvalue weighted by atomic mass is 79.9. The lowest BCUT2D eigenvalue weighted by Crippen LogP contribution is -2.25. The van der Waals surface area contributed by atoms with E-state index in [1.54, 1.807) is 12.1 Å². The van der Waals surface area contributed by atoms with Crippen molar-refractivity contribution in [2.45, 2.75) is 23.5 Å². The van der Waals surface area contributed by atoms with Gasteiger partial charge in [-0.2, -0.15) is 0 Å². The number of benzene rings is 2. The van der Waals surface area contributed by atoms with Crippen molar-refractivity contribution < 1.29 is 27.0 Å². The van der Waals surface area contributed by atoms with E-state index in [0.29, 0.717) is 39.9 Å². The highest BCUT2D eigenvalue weighted by Crippen LogP contribution is 2.50. The average Bonchev–Trinajstić information content (AvgIpc) is 3.15. The molecule has 1 heterocycles. The Balaban J connectivity index is 1.85. The van der Waals surface area contributed by atoms with Gasteiger partial charge >= 0.3 is 0 Å². The zero-order valence-corrected chi connectivity index (χ0v) is 16.1. The van der Waals surface area contributed by atoms with Crippen LogP contribution in [0.5, 0.6) is 11.5 Å². The van der Waals surface area contributed by atoms with Gasteiger partial charge in [0.05, 0.1) is 10.5 Å². The van der Waals surface area contributed by atoms with Crippen molar-refractivity contribution in [2.75, 3.05) is 6.26 Å². The predicted molar refractivity (Wildman–Crippen MR) is 95.0 cm³/mol. The Labute approximate surface area is 158 Å². The Hall–Kier alpha value is -2.06. The molecule has 1 aliphatic heterocycles. The first-order valence-corrected chi connectivity index (χ1v) is 10.5.